The Morgan fingerprint density at radius 2 is 2.03 bits per heavy atom. The first-order chi connectivity index (χ1) is 14.5. The van der Waals surface area contributed by atoms with Gasteiger partial charge < -0.3 is 18.9 Å². The lowest BCUT2D eigenvalue weighted by Crippen LogP contribution is -2.46. The molecular formula is C21H31N5O4. The molecule has 30 heavy (non-hydrogen) atoms. The van der Waals surface area contributed by atoms with Crippen molar-refractivity contribution in [2.24, 2.45) is 7.05 Å². The Morgan fingerprint density at radius 3 is 2.67 bits per heavy atom. The summed E-state index contributed by atoms with van der Waals surface area (Å²) in [5, 5.41) is 8.69. The fourth-order valence-corrected chi connectivity index (χ4v) is 4.56. The predicted octanol–water partition coefficient (Wildman–Crippen LogP) is 2.22. The van der Waals surface area contributed by atoms with Crippen molar-refractivity contribution < 1.29 is 18.8 Å². The third-order valence-electron chi connectivity index (χ3n) is 6.52. The van der Waals surface area contributed by atoms with E-state index in [-0.39, 0.29) is 17.2 Å². The van der Waals surface area contributed by atoms with Crippen LogP contribution in [0.1, 0.15) is 65.8 Å². The highest BCUT2D eigenvalue weighted by atomic mass is 16.5. The monoisotopic (exact) mass is 417 g/mol. The van der Waals surface area contributed by atoms with E-state index in [0.29, 0.717) is 25.3 Å². The number of likely N-dealkylation sites (tertiary alicyclic amines) is 1. The maximum atomic E-state index is 13.0. The molecule has 0 unspecified atom stereocenters. The Balaban J connectivity index is 1.49. The Hall–Kier alpha value is -2.26. The van der Waals surface area contributed by atoms with Gasteiger partial charge in [-0.3, -0.25) is 9.48 Å². The average molecular weight is 418 g/mol. The molecule has 4 rings (SSSR count). The normalized spacial score (nSPS) is 19.9. The van der Waals surface area contributed by atoms with E-state index in [4.69, 9.17) is 19.0 Å². The summed E-state index contributed by atoms with van der Waals surface area (Å²) in [6.45, 7) is 5.27. The van der Waals surface area contributed by atoms with E-state index in [9.17, 15) is 4.79 Å². The number of aromatic nitrogens is 4. The van der Waals surface area contributed by atoms with Crippen LogP contribution in [0.25, 0.3) is 0 Å². The summed E-state index contributed by atoms with van der Waals surface area (Å²) < 4.78 is 18.2. The number of methoxy groups -OCH3 is 1. The Labute approximate surface area is 176 Å². The fraction of sp³-hybridized carbons (Fsp3) is 0.714. The average Bonchev–Trinajstić information content (AvgIpc) is 3.40. The molecular weight excluding hydrogens is 386 g/mol. The number of nitrogens with zero attached hydrogens (tertiary/aromatic N) is 5. The van der Waals surface area contributed by atoms with Gasteiger partial charge in [-0.05, 0) is 39.0 Å². The molecule has 2 fully saturated rings. The summed E-state index contributed by atoms with van der Waals surface area (Å²) in [4.78, 5) is 19.7. The number of aryl methyl sites for hydroxylation is 2. The molecule has 0 saturated carbocycles. The van der Waals surface area contributed by atoms with Gasteiger partial charge in [0.1, 0.15) is 0 Å². The third kappa shape index (κ3) is 4.13. The van der Waals surface area contributed by atoms with Crippen LogP contribution < -0.4 is 0 Å². The van der Waals surface area contributed by atoms with Gasteiger partial charge >= 0.3 is 0 Å². The lowest BCUT2D eigenvalue weighted by molar-refractivity contribution is 0.0615. The van der Waals surface area contributed by atoms with E-state index in [1.807, 2.05) is 18.9 Å². The molecule has 0 bridgehead atoms. The topological polar surface area (TPSA) is 95.5 Å². The molecule has 4 heterocycles. The smallest absolute Gasteiger partial charge is 0.257 e. The molecule has 0 N–H and O–H groups in total. The van der Waals surface area contributed by atoms with Crippen LogP contribution in [0.3, 0.4) is 0 Å². The van der Waals surface area contributed by atoms with Crippen LogP contribution in [-0.2, 0) is 21.9 Å². The summed E-state index contributed by atoms with van der Waals surface area (Å²) in [6, 6.07) is 0. The molecule has 2 saturated heterocycles. The van der Waals surface area contributed by atoms with Crippen molar-refractivity contribution in [3.05, 3.63) is 29.2 Å². The maximum Gasteiger partial charge on any atom is 0.257 e. The molecule has 1 amide bonds. The zero-order valence-electron chi connectivity index (χ0n) is 18.1. The predicted molar refractivity (Wildman–Crippen MR) is 108 cm³/mol. The molecule has 2 aliphatic heterocycles. The van der Waals surface area contributed by atoms with Crippen molar-refractivity contribution in [1.29, 1.82) is 0 Å². The quantitative estimate of drug-likeness (QED) is 0.711. The molecule has 164 valence electrons. The highest BCUT2D eigenvalue weighted by molar-refractivity contribution is 5.95. The van der Waals surface area contributed by atoms with Crippen molar-refractivity contribution in [3.8, 4) is 0 Å². The number of ether oxygens (including phenoxy) is 2. The van der Waals surface area contributed by atoms with Crippen LogP contribution in [0.5, 0.6) is 0 Å². The largest absolute Gasteiger partial charge is 0.385 e. The van der Waals surface area contributed by atoms with Crippen LogP contribution in [0.2, 0.25) is 0 Å². The Kier molecular flexibility index (Phi) is 6.19. The molecule has 0 radical (unpaired) electrons. The number of amides is 1. The van der Waals surface area contributed by atoms with E-state index in [2.05, 4.69) is 10.3 Å². The summed E-state index contributed by atoms with van der Waals surface area (Å²) in [5.74, 6) is 1.78. The second-order valence-corrected chi connectivity index (χ2v) is 8.46. The number of piperidine rings is 1. The number of hydrogen-bond acceptors (Lipinski definition) is 7. The van der Waals surface area contributed by atoms with Gasteiger partial charge in [-0.1, -0.05) is 5.16 Å². The number of rotatable bonds is 6. The van der Waals surface area contributed by atoms with Crippen molar-refractivity contribution >= 4 is 5.91 Å². The van der Waals surface area contributed by atoms with Gasteiger partial charge in [0.15, 0.2) is 5.82 Å². The molecule has 0 aromatic carbocycles. The second-order valence-electron chi connectivity index (χ2n) is 8.46. The van der Waals surface area contributed by atoms with Crippen LogP contribution in [0, 0.1) is 6.92 Å². The van der Waals surface area contributed by atoms with Gasteiger partial charge in [0.25, 0.3) is 5.91 Å². The summed E-state index contributed by atoms with van der Waals surface area (Å²) >= 11 is 0. The maximum absolute atomic E-state index is 13.0. The van der Waals surface area contributed by atoms with E-state index in [1.165, 1.54) is 0 Å². The first-order valence-corrected chi connectivity index (χ1v) is 10.7. The van der Waals surface area contributed by atoms with Crippen LogP contribution in [0.4, 0.5) is 0 Å². The van der Waals surface area contributed by atoms with Crippen LogP contribution in [0.15, 0.2) is 10.7 Å². The Bertz CT molecular complexity index is 863. The van der Waals surface area contributed by atoms with Crippen molar-refractivity contribution in [2.45, 2.75) is 50.4 Å². The van der Waals surface area contributed by atoms with Crippen molar-refractivity contribution in [1.82, 2.24) is 24.8 Å². The van der Waals surface area contributed by atoms with Crippen molar-refractivity contribution in [2.75, 3.05) is 40.0 Å². The number of hydrogen-bond donors (Lipinski definition) is 0. The van der Waals surface area contributed by atoms with E-state index in [0.717, 1.165) is 62.7 Å². The first kappa shape index (κ1) is 21.0. The summed E-state index contributed by atoms with van der Waals surface area (Å²) in [5.41, 5.74) is 1.20. The van der Waals surface area contributed by atoms with Gasteiger partial charge in [0.2, 0.25) is 5.89 Å². The van der Waals surface area contributed by atoms with Gasteiger partial charge in [0, 0.05) is 64.6 Å². The fourth-order valence-electron chi connectivity index (χ4n) is 4.56. The molecule has 2 aromatic rings. The van der Waals surface area contributed by atoms with E-state index >= 15 is 0 Å². The summed E-state index contributed by atoms with van der Waals surface area (Å²) in [6.07, 6.45) is 6.01. The zero-order valence-corrected chi connectivity index (χ0v) is 18.1. The molecule has 2 aliphatic rings. The van der Waals surface area contributed by atoms with Crippen molar-refractivity contribution in [3.63, 3.8) is 0 Å². The van der Waals surface area contributed by atoms with Crippen LogP contribution >= 0.6 is 0 Å². The number of carbonyl (C=O) groups excluding carboxylic acids is 1. The highest BCUT2D eigenvalue weighted by Gasteiger charge is 2.42. The standard InChI is InChI=1S/C21H31N5O4/c1-15-17(14-25(2)23-15)19(27)26-9-6-21(7-10-26,8-13-28-3)20-22-18(30-24-20)16-4-11-29-12-5-16/h14,16H,4-13H2,1-3H3. The van der Waals surface area contributed by atoms with Gasteiger partial charge in [-0.2, -0.15) is 10.1 Å². The third-order valence-corrected chi connectivity index (χ3v) is 6.52. The lowest BCUT2D eigenvalue weighted by Gasteiger charge is -2.39. The van der Waals surface area contributed by atoms with Gasteiger partial charge in [-0.15, -0.1) is 0 Å². The van der Waals surface area contributed by atoms with Gasteiger partial charge in [0.05, 0.1) is 11.3 Å². The highest BCUT2D eigenvalue weighted by Crippen LogP contribution is 2.38. The molecule has 0 atom stereocenters. The van der Waals surface area contributed by atoms with E-state index in [1.54, 1.807) is 18.0 Å². The molecule has 9 heteroatoms. The number of carbonyl (C=O) groups is 1. The Morgan fingerprint density at radius 1 is 1.30 bits per heavy atom. The van der Waals surface area contributed by atoms with E-state index < -0.39 is 0 Å². The van der Waals surface area contributed by atoms with Gasteiger partial charge in [-0.25, -0.2) is 0 Å². The molecule has 0 spiro atoms. The minimum Gasteiger partial charge on any atom is -0.385 e. The zero-order chi connectivity index (χ0) is 21.1. The minimum absolute atomic E-state index is 0.0388. The lowest BCUT2D eigenvalue weighted by atomic mass is 9.75. The summed E-state index contributed by atoms with van der Waals surface area (Å²) in [7, 11) is 3.54. The molecule has 2 aromatic heterocycles. The van der Waals surface area contributed by atoms with Crippen LogP contribution in [-0.4, -0.2) is 70.7 Å². The first-order valence-electron chi connectivity index (χ1n) is 10.7. The SMILES string of the molecule is COCCC1(c2noc(C3CCOCC3)n2)CCN(C(=O)c2cn(C)nc2C)CC1. The second kappa shape index (κ2) is 8.85. The molecule has 9 nitrogen and oxygen atoms in total. The molecule has 0 aliphatic carbocycles. The minimum atomic E-state index is -0.232.